The van der Waals surface area contributed by atoms with Gasteiger partial charge in [0.1, 0.15) is 17.0 Å². The molecule has 3 aromatic rings. The molecule has 1 saturated heterocycles. The van der Waals surface area contributed by atoms with Crippen molar-refractivity contribution in [2.45, 2.75) is 45.2 Å². The van der Waals surface area contributed by atoms with Crippen molar-refractivity contribution < 1.29 is 14.0 Å². The number of aryl methyl sites for hydroxylation is 1. The van der Waals surface area contributed by atoms with E-state index in [9.17, 15) is 18.8 Å². The smallest absolute Gasteiger partial charge is 0.319 e. The van der Waals surface area contributed by atoms with Crippen LogP contribution in [-0.4, -0.2) is 26.2 Å². The van der Waals surface area contributed by atoms with Gasteiger partial charge in [-0.25, -0.2) is 14.2 Å². The number of carbonyl (C=O) groups excluding carboxylic acids is 2. The molecule has 160 valence electrons. The molecule has 1 atom stereocenters. The Balaban J connectivity index is 1.71. The minimum Gasteiger partial charge on any atom is -0.319 e. The minimum absolute atomic E-state index is 0.126. The Hall–Kier alpha value is -3.55. The molecule has 0 radical (unpaired) electrons. The number of pyridine rings is 1. The lowest BCUT2D eigenvalue weighted by atomic mass is 9.84. The summed E-state index contributed by atoms with van der Waals surface area (Å²) in [4.78, 5) is 44.4. The fourth-order valence-electron chi connectivity index (χ4n) is 4.06. The first kappa shape index (κ1) is 20.7. The topological polar surface area (TPSA) is 83.8 Å². The second kappa shape index (κ2) is 7.94. The van der Waals surface area contributed by atoms with Crippen LogP contribution < -0.4 is 10.9 Å². The zero-order valence-corrected chi connectivity index (χ0v) is 17.4. The van der Waals surface area contributed by atoms with E-state index in [1.807, 2.05) is 6.92 Å². The standard InChI is InChI=1S/C23H23FN4O3/c1-3-4-12-23(16-8-10-17(24)11-9-16)21(30)27(22(31)26-23)14-18-13-20(29)28-15(2)6-5-7-19(28)25-18/h5-11,13H,3-4,12,14H2,1-2H3,(H,26,31). The van der Waals surface area contributed by atoms with Gasteiger partial charge in [-0.3, -0.25) is 18.9 Å². The van der Waals surface area contributed by atoms with E-state index in [0.717, 1.165) is 17.0 Å². The van der Waals surface area contributed by atoms with Crippen LogP contribution in [0.3, 0.4) is 0 Å². The van der Waals surface area contributed by atoms with Gasteiger partial charge in [-0.2, -0.15) is 0 Å². The number of halogens is 1. The van der Waals surface area contributed by atoms with Gasteiger partial charge in [0, 0.05) is 11.8 Å². The molecular weight excluding hydrogens is 399 g/mol. The predicted octanol–water partition coefficient (Wildman–Crippen LogP) is 3.28. The third-order valence-electron chi connectivity index (χ3n) is 5.67. The van der Waals surface area contributed by atoms with E-state index in [-0.39, 0.29) is 12.1 Å². The lowest BCUT2D eigenvalue weighted by Gasteiger charge is -2.27. The maximum absolute atomic E-state index is 13.5. The number of benzene rings is 1. The van der Waals surface area contributed by atoms with E-state index in [2.05, 4.69) is 10.3 Å². The highest BCUT2D eigenvalue weighted by atomic mass is 19.1. The van der Waals surface area contributed by atoms with Crippen molar-refractivity contribution >= 4 is 17.6 Å². The van der Waals surface area contributed by atoms with Gasteiger partial charge in [0.15, 0.2) is 0 Å². The molecular formula is C23H23FN4O3. The van der Waals surface area contributed by atoms with Crippen LogP contribution in [0.5, 0.6) is 0 Å². The molecule has 0 bridgehead atoms. The molecule has 1 aromatic carbocycles. The maximum Gasteiger partial charge on any atom is 0.325 e. The molecule has 0 aliphatic carbocycles. The van der Waals surface area contributed by atoms with Crippen LogP contribution >= 0.6 is 0 Å². The molecule has 1 aliphatic heterocycles. The van der Waals surface area contributed by atoms with Crippen LogP contribution in [0.4, 0.5) is 9.18 Å². The first-order valence-electron chi connectivity index (χ1n) is 10.2. The Morgan fingerprint density at radius 2 is 1.84 bits per heavy atom. The number of nitrogens with zero attached hydrogens (tertiary/aromatic N) is 3. The summed E-state index contributed by atoms with van der Waals surface area (Å²) >= 11 is 0. The SMILES string of the molecule is CCCCC1(c2ccc(F)cc2)NC(=O)N(Cc2cc(=O)n3c(C)cccc3n2)C1=O. The third-order valence-corrected chi connectivity index (χ3v) is 5.67. The Morgan fingerprint density at radius 1 is 1.10 bits per heavy atom. The molecule has 0 spiro atoms. The van der Waals surface area contributed by atoms with Crippen LogP contribution in [0.2, 0.25) is 0 Å². The van der Waals surface area contributed by atoms with Crippen molar-refractivity contribution in [3.63, 3.8) is 0 Å². The quantitative estimate of drug-likeness (QED) is 0.618. The molecule has 1 aliphatic rings. The highest BCUT2D eigenvalue weighted by Crippen LogP contribution is 2.35. The van der Waals surface area contributed by atoms with E-state index < -0.39 is 23.3 Å². The highest BCUT2D eigenvalue weighted by Gasteiger charge is 2.51. The molecule has 1 N–H and O–H groups in total. The summed E-state index contributed by atoms with van der Waals surface area (Å²) in [5.41, 5.74) is 0.510. The number of hydrogen-bond acceptors (Lipinski definition) is 4. The average molecular weight is 422 g/mol. The molecule has 1 fully saturated rings. The van der Waals surface area contributed by atoms with E-state index in [0.29, 0.717) is 29.7 Å². The van der Waals surface area contributed by atoms with Crippen LogP contribution in [0.25, 0.3) is 5.65 Å². The van der Waals surface area contributed by atoms with Crippen molar-refractivity contribution in [2.75, 3.05) is 0 Å². The number of urea groups is 1. The highest BCUT2D eigenvalue weighted by molar-refractivity contribution is 6.07. The van der Waals surface area contributed by atoms with Crippen LogP contribution in [-0.2, 0) is 16.9 Å². The first-order valence-corrected chi connectivity index (χ1v) is 10.2. The second-order valence-corrected chi connectivity index (χ2v) is 7.78. The molecule has 31 heavy (non-hydrogen) atoms. The van der Waals surface area contributed by atoms with Gasteiger partial charge in [-0.15, -0.1) is 0 Å². The monoisotopic (exact) mass is 422 g/mol. The number of unbranched alkanes of at least 4 members (excludes halogenated alkanes) is 1. The Bertz CT molecular complexity index is 1220. The molecule has 1 unspecified atom stereocenters. The van der Waals surface area contributed by atoms with Crippen LogP contribution in [0, 0.1) is 12.7 Å². The number of rotatable bonds is 6. The maximum atomic E-state index is 13.5. The van der Waals surface area contributed by atoms with Gasteiger partial charge in [-0.05, 0) is 43.2 Å². The number of fused-ring (bicyclic) bond motifs is 1. The number of hydrogen-bond donors (Lipinski definition) is 1. The summed E-state index contributed by atoms with van der Waals surface area (Å²) in [5.74, 6) is -0.844. The molecule has 3 amide bonds. The van der Waals surface area contributed by atoms with Crippen molar-refractivity contribution in [1.29, 1.82) is 0 Å². The summed E-state index contributed by atoms with van der Waals surface area (Å²) in [6.45, 7) is 3.67. The minimum atomic E-state index is -1.26. The Labute approximate surface area is 178 Å². The van der Waals surface area contributed by atoms with Gasteiger partial charge in [-0.1, -0.05) is 38.0 Å². The number of imide groups is 1. The lowest BCUT2D eigenvalue weighted by Crippen LogP contribution is -2.44. The van der Waals surface area contributed by atoms with Crippen molar-refractivity contribution in [1.82, 2.24) is 19.6 Å². The van der Waals surface area contributed by atoms with Gasteiger partial charge in [0.2, 0.25) is 0 Å². The first-order chi connectivity index (χ1) is 14.9. The molecule has 2 aromatic heterocycles. The van der Waals surface area contributed by atoms with Crippen molar-refractivity contribution in [3.05, 3.63) is 81.7 Å². The molecule has 7 nitrogen and oxygen atoms in total. The fraction of sp³-hybridized carbons (Fsp3) is 0.304. The van der Waals surface area contributed by atoms with Gasteiger partial charge in [0.25, 0.3) is 11.5 Å². The van der Waals surface area contributed by atoms with Gasteiger partial charge in [0.05, 0.1) is 12.2 Å². The molecule has 0 saturated carbocycles. The normalized spacial score (nSPS) is 18.6. The summed E-state index contributed by atoms with van der Waals surface area (Å²) in [6, 6.07) is 11.7. The van der Waals surface area contributed by atoms with Crippen molar-refractivity contribution in [2.24, 2.45) is 0 Å². The number of amides is 3. The van der Waals surface area contributed by atoms with E-state index in [1.165, 1.54) is 34.7 Å². The summed E-state index contributed by atoms with van der Waals surface area (Å²) in [5, 5.41) is 2.82. The largest absolute Gasteiger partial charge is 0.325 e. The summed E-state index contributed by atoms with van der Waals surface area (Å²) in [7, 11) is 0. The third kappa shape index (κ3) is 3.58. The molecule has 4 rings (SSSR count). The number of nitrogens with one attached hydrogen (secondary N) is 1. The molecule has 3 heterocycles. The number of aromatic nitrogens is 2. The molecule has 8 heteroatoms. The van der Waals surface area contributed by atoms with Gasteiger partial charge < -0.3 is 5.32 Å². The van der Waals surface area contributed by atoms with Crippen molar-refractivity contribution in [3.8, 4) is 0 Å². The lowest BCUT2D eigenvalue weighted by molar-refractivity contribution is -0.132. The summed E-state index contributed by atoms with van der Waals surface area (Å²) < 4.78 is 14.9. The zero-order valence-electron chi connectivity index (χ0n) is 17.4. The summed E-state index contributed by atoms with van der Waals surface area (Å²) in [6.07, 6.45) is 1.92. The zero-order chi connectivity index (χ0) is 22.2. The van der Waals surface area contributed by atoms with Gasteiger partial charge >= 0.3 is 6.03 Å². The predicted molar refractivity (Wildman–Crippen MR) is 113 cm³/mol. The Kier molecular flexibility index (Phi) is 5.31. The Morgan fingerprint density at radius 3 is 2.55 bits per heavy atom. The van der Waals surface area contributed by atoms with E-state index >= 15 is 0 Å². The van der Waals surface area contributed by atoms with Crippen LogP contribution in [0.1, 0.15) is 43.1 Å². The second-order valence-electron chi connectivity index (χ2n) is 7.78. The van der Waals surface area contributed by atoms with Crippen LogP contribution in [0.15, 0.2) is 53.3 Å². The fourth-order valence-corrected chi connectivity index (χ4v) is 4.06. The average Bonchev–Trinajstić information content (AvgIpc) is 2.97. The van der Waals surface area contributed by atoms with E-state index in [4.69, 9.17) is 0 Å². The number of carbonyl (C=O) groups is 2. The van der Waals surface area contributed by atoms with E-state index in [1.54, 1.807) is 25.1 Å².